The molecule has 1 aromatic rings. The number of aromatic nitrogens is 1. The summed E-state index contributed by atoms with van der Waals surface area (Å²) in [6.45, 7) is 13.0. The average Bonchev–Trinajstić information content (AvgIpc) is 2.64. The van der Waals surface area contributed by atoms with Crippen molar-refractivity contribution in [3.05, 3.63) is 16.1 Å². The van der Waals surface area contributed by atoms with Crippen LogP contribution in [0.4, 0.5) is 0 Å². The van der Waals surface area contributed by atoms with Crippen LogP contribution in [0.15, 0.2) is 5.51 Å². The lowest BCUT2D eigenvalue weighted by Gasteiger charge is -2.24. The highest BCUT2D eigenvalue weighted by molar-refractivity contribution is 7.09. The van der Waals surface area contributed by atoms with E-state index >= 15 is 0 Å². The molecule has 0 atom stereocenters. The number of hydrogen-bond donors (Lipinski definition) is 1. The summed E-state index contributed by atoms with van der Waals surface area (Å²) in [6, 6.07) is 0.636. The van der Waals surface area contributed by atoms with Crippen molar-refractivity contribution in [2.24, 2.45) is 0 Å². The summed E-state index contributed by atoms with van der Waals surface area (Å²) < 4.78 is 0. The van der Waals surface area contributed by atoms with Crippen LogP contribution in [0.25, 0.3) is 0 Å². The zero-order valence-corrected chi connectivity index (χ0v) is 11.6. The summed E-state index contributed by atoms with van der Waals surface area (Å²) in [5.74, 6) is 0. The van der Waals surface area contributed by atoms with Gasteiger partial charge < -0.3 is 5.32 Å². The van der Waals surface area contributed by atoms with Gasteiger partial charge in [0.05, 0.1) is 11.2 Å². The molecule has 0 unspecified atom stereocenters. The van der Waals surface area contributed by atoms with Crippen molar-refractivity contribution in [2.75, 3.05) is 19.6 Å². The van der Waals surface area contributed by atoms with Crippen LogP contribution in [-0.4, -0.2) is 35.6 Å². The molecular weight excluding hydrogens is 218 g/mol. The Morgan fingerprint density at radius 1 is 1.50 bits per heavy atom. The van der Waals surface area contributed by atoms with Crippen molar-refractivity contribution in [1.82, 2.24) is 15.2 Å². The van der Waals surface area contributed by atoms with Crippen molar-refractivity contribution in [3.63, 3.8) is 0 Å². The molecule has 92 valence electrons. The minimum absolute atomic E-state index is 0.636. The van der Waals surface area contributed by atoms with Gasteiger partial charge in [-0.25, -0.2) is 4.98 Å². The van der Waals surface area contributed by atoms with Gasteiger partial charge in [0.15, 0.2) is 0 Å². The highest BCUT2D eigenvalue weighted by atomic mass is 32.1. The lowest BCUT2D eigenvalue weighted by molar-refractivity contribution is 0.234. The first-order chi connectivity index (χ1) is 7.65. The van der Waals surface area contributed by atoms with Gasteiger partial charge in [0.1, 0.15) is 0 Å². The predicted molar refractivity (Wildman–Crippen MR) is 70.9 cm³/mol. The van der Waals surface area contributed by atoms with Crippen LogP contribution in [0.5, 0.6) is 0 Å². The number of hydrogen-bond acceptors (Lipinski definition) is 4. The van der Waals surface area contributed by atoms with E-state index in [9.17, 15) is 0 Å². The SMILES string of the molecule is CCN(CCNCc1scnc1C)C(C)C. The Morgan fingerprint density at radius 3 is 2.75 bits per heavy atom. The molecule has 4 heteroatoms. The van der Waals surface area contributed by atoms with Crippen LogP contribution in [0.2, 0.25) is 0 Å². The van der Waals surface area contributed by atoms with Crippen molar-refractivity contribution >= 4 is 11.3 Å². The first-order valence-electron chi connectivity index (χ1n) is 5.98. The number of nitrogens with zero attached hydrogens (tertiary/aromatic N) is 2. The van der Waals surface area contributed by atoms with Gasteiger partial charge in [0.25, 0.3) is 0 Å². The molecule has 3 nitrogen and oxygen atoms in total. The molecule has 0 aliphatic heterocycles. The molecule has 0 spiro atoms. The Balaban J connectivity index is 2.19. The number of rotatable bonds is 7. The smallest absolute Gasteiger partial charge is 0.0798 e. The van der Waals surface area contributed by atoms with Crippen LogP contribution in [0.3, 0.4) is 0 Å². The van der Waals surface area contributed by atoms with Crippen LogP contribution in [-0.2, 0) is 6.54 Å². The van der Waals surface area contributed by atoms with E-state index in [-0.39, 0.29) is 0 Å². The summed E-state index contributed by atoms with van der Waals surface area (Å²) in [5, 5.41) is 3.48. The third-order valence-corrected chi connectivity index (χ3v) is 3.78. The molecule has 1 rings (SSSR count). The summed E-state index contributed by atoms with van der Waals surface area (Å²) in [7, 11) is 0. The second-order valence-electron chi connectivity index (χ2n) is 4.26. The fourth-order valence-electron chi connectivity index (χ4n) is 1.70. The van der Waals surface area contributed by atoms with Crippen LogP contribution >= 0.6 is 11.3 Å². The monoisotopic (exact) mass is 241 g/mol. The van der Waals surface area contributed by atoms with E-state index in [1.807, 2.05) is 5.51 Å². The van der Waals surface area contributed by atoms with E-state index in [2.05, 4.69) is 42.9 Å². The Kier molecular flexibility index (Phi) is 5.95. The molecule has 1 N–H and O–H groups in total. The van der Waals surface area contributed by atoms with Gasteiger partial charge in [-0.1, -0.05) is 6.92 Å². The molecule has 0 aliphatic rings. The fourth-order valence-corrected chi connectivity index (χ4v) is 2.45. The fraction of sp³-hybridized carbons (Fsp3) is 0.750. The van der Waals surface area contributed by atoms with Gasteiger partial charge in [0.2, 0.25) is 0 Å². The molecule has 0 bridgehead atoms. The van der Waals surface area contributed by atoms with Crippen molar-refractivity contribution in [3.8, 4) is 0 Å². The van der Waals surface area contributed by atoms with Crippen LogP contribution < -0.4 is 5.32 Å². The first kappa shape index (κ1) is 13.6. The Labute approximate surface area is 103 Å². The first-order valence-corrected chi connectivity index (χ1v) is 6.86. The van der Waals surface area contributed by atoms with Gasteiger partial charge in [-0.2, -0.15) is 0 Å². The summed E-state index contributed by atoms with van der Waals surface area (Å²) in [6.07, 6.45) is 0. The van der Waals surface area contributed by atoms with Crippen molar-refractivity contribution in [2.45, 2.75) is 40.3 Å². The average molecular weight is 241 g/mol. The molecule has 1 heterocycles. The molecule has 0 aromatic carbocycles. The van der Waals surface area contributed by atoms with Gasteiger partial charge in [-0.15, -0.1) is 11.3 Å². The van der Waals surface area contributed by atoms with E-state index in [0.29, 0.717) is 6.04 Å². The van der Waals surface area contributed by atoms with Gasteiger partial charge >= 0.3 is 0 Å². The number of thiazole rings is 1. The van der Waals surface area contributed by atoms with Gasteiger partial charge in [-0.05, 0) is 27.3 Å². The molecule has 0 fully saturated rings. The van der Waals surface area contributed by atoms with Crippen LogP contribution in [0.1, 0.15) is 31.3 Å². The highest BCUT2D eigenvalue weighted by Gasteiger charge is 2.06. The molecule has 1 aromatic heterocycles. The van der Waals surface area contributed by atoms with Gasteiger partial charge in [-0.3, -0.25) is 4.90 Å². The van der Waals surface area contributed by atoms with E-state index in [1.54, 1.807) is 11.3 Å². The molecule has 16 heavy (non-hydrogen) atoms. The number of likely N-dealkylation sites (N-methyl/N-ethyl adjacent to an activating group) is 1. The topological polar surface area (TPSA) is 28.2 Å². The Morgan fingerprint density at radius 2 is 2.25 bits per heavy atom. The van der Waals surface area contributed by atoms with Crippen molar-refractivity contribution in [1.29, 1.82) is 0 Å². The minimum Gasteiger partial charge on any atom is -0.311 e. The standard InChI is InChI=1S/C12H23N3S/c1-5-15(10(2)3)7-6-13-8-12-11(4)14-9-16-12/h9-10,13H,5-8H2,1-4H3. The summed E-state index contributed by atoms with van der Waals surface area (Å²) in [4.78, 5) is 8.06. The Bertz CT molecular complexity index is 296. The second-order valence-corrected chi connectivity index (χ2v) is 5.20. The molecule has 0 amide bonds. The highest BCUT2D eigenvalue weighted by Crippen LogP contribution is 2.10. The maximum Gasteiger partial charge on any atom is 0.0798 e. The third kappa shape index (κ3) is 4.20. The summed E-state index contributed by atoms with van der Waals surface area (Å²) in [5.41, 5.74) is 3.08. The zero-order valence-electron chi connectivity index (χ0n) is 10.8. The number of nitrogens with one attached hydrogen (secondary N) is 1. The van der Waals surface area contributed by atoms with Crippen LogP contribution in [0, 0.1) is 6.92 Å². The zero-order chi connectivity index (χ0) is 12.0. The molecular formula is C12H23N3S. The maximum atomic E-state index is 4.24. The predicted octanol–water partition coefficient (Wildman–Crippen LogP) is 2.27. The van der Waals surface area contributed by atoms with Gasteiger partial charge in [0, 0.05) is 30.6 Å². The van der Waals surface area contributed by atoms with E-state index in [0.717, 1.165) is 31.9 Å². The lowest BCUT2D eigenvalue weighted by atomic mass is 10.3. The number of aryl methyl sites for hydroxylation is 1. The molecule has 0 radical (unpaired) electrons. The summed E-state index contributed by atoms with van der Waals surface area (Å²) >= 11 is 1.73. The van der Waals surface area contributed by atoms with Crippen molar-refractivity contribution < 1.29 is 0 Å². The minimum atomic E-state index is 0.636. The quantitative estimate of drug-likeness (QED) is 0.742. The maximum absolute atomic E-state index is 4.24. The Hall–Kier alpha value is -0.450. The lowest BCUT2D eigenvalue weighted by Crippen LogP contribution is -2.36. The van der Waals surface area contributed by atoms with E-state index in [1.165, 1.54) is 4.88 Å². The van der Waals surface area contributed by atoms with E-state index in [4.69, 9.17) is 0 Å². The normalized spacial score (nSPS) is 11.6. The van der Waals surface area contributed by atoms with E-state index < -0.39 is 0 Å². The molecule has 0 saturated carbocycles. The third-order valence-electron chi connectivity index (χ3n) is 2.84. The largest absolute Gasteiger partial charge is 0.311 e. The molecule has 0 aliphatic carbocycles. The second kappa shape index (κ2) is 6.99. The molecule has 0 saturated heterocycles.